The minimum atomic E-state index is -0.784. The van der Waals surface area contributed by atoms with Gasteiger partial charge in [-0.1, -0.05) is 68.6 Å². The fourth-order valence-corrected chi connectivity index (χ4v) is 6.12. The number of aliphatic hydroxyl groups is 1. The Balaban J connectivity index is 1.60. The molecular formula is C25H31ClO4S. The van der Waals surface area contributed by atoms with Gasteiger partial charge in [-0.2, -0.15) is 0 Å². The molecule has 3 rings (SSSR count). The van der Waals surface area contributed by atoms with Gasteiger partial charge in [0.1, 0.15) is 5.78 Å². The molecule has 1 aromatic heterocycles. The summed E-state index contributed by atoms with van der Waals surface area (Å²) in [6.07, 6.45) is 8.08. The van der Waals surface area contributed by atoms with Crippen LogP contribution < -0.4 is 0 Å². The third-order valence-corrected chi connectivity index (χ3v) is 8.22. The van der Waals surface area contributed by atoms with Crippen molar-refractivity contribution in [1.29, 1.82) is 0 Å². The number of hydrogen-bond donors (Lipinski definition) is 2. The Labute approximate surface area is 192 Å². The normalized spacial score (nSPS) is 23.2. The van der Waals surface area contributed by atoms with E-state index in [1.807, 2.05) is 38.1 Å². The maximum atomic E-state index is 12.9. The van der Waals surface area contributed by atoms with Gasteiger partial charge in [0.2, 0.25) is 0 Å². The fraction of sp³-hybridized carbons (Fsp3) is 0.520. The molecule has 1 aromatic carbocycles. The van der Waals surface area contributed by atoms with Crippen LogP contribution in [0.25, 0.3) is 10.1 Å². The second-order valence-corrected chi connectivity index (χ2v) is 10.5. The number of carboxylic acid groups (broad SMARTS) is 1. The summed E-state index contributed by atoms with van der Waals surface area (Å²) in [5.74, 6) is -1.08. The SMILES string of the molecule is CC1(C)C(=O)[C@H](CCCCCC(=O)O)[C@@H](/C=C/CCc2sc3ccccc3c2Cl)[C@@H]1O. The quantitative estimate of drug-likeness (QED) is 0.322. The second-order valence-electron chi connectivity index (χ2n) is 9.01. The number of hydrogen-bond acceptors (Lipinski definition) is 4. The van der Waals surface area contributed by atoms with Gasteiger partial charge in [-0.25, -0.2) is 0 Å². The summed E-state index contributed by atoms with van der Waals surface area (Å²) in [6, 6.07) is 8.12. The van der Waals surface area contributed by atoms with E-state index >= 15 is 0 Å². The van der Waals surface area contributed by atoms with Crippen LogP contribution in [0.5, 0.6) is 0 Å². The van der Waals surface area contributed by atoms with Gasteiger partial charge in [0.15, 0.2) is 0 Å². The molecule has 0 spiro atoms. The van der Waals surface area contributed by atoms with Crippen LogP contribution >= 0.6 is 22.9 Å². The molecule has 1 aliphatic rings. The molecule has 2 aromatic rings. The molecule has 31 heavy (non-hydrogen) atoms. The van der Waals surface area contributed by atoms with Gasteiger partial charge in [-0.15, -0.1) is 11.3 Å². The van der Waals surface area contributed by atoms with Crippen molar-refractivity contribution >= 4 is 44.8 Å². The Morgan fingerprint density at radius 2 is 1.97 bits per heavy atom. The molecule has 1 aliphatic carbocycles. The maximum absolute atomic E-state index is 12.9. The van der Waals surface area contributed by atoms with Crippen molar-refractivity contribution in [2.75, 3.05) is 0 Å². The van der Waals surface area contributed by atoms with Crippen molar-refractivity contribution in [3.8, 4) is 0 Å². The van der Waals surface area contributed by atoms with Gasteiger partial charge in [-0.3, -0.25) is 9.59 Å². The zero-order valence-corrected chi connectivity index (χ0v) is 19.7. The van der Waals surface area contributed by atoms with E-state index in [0.29, 0.717) is 12.8 Å². The van der Waals surface area contributed by atoms with Crippen molar-refractivity contribution in [3.63, 3.8) is 0 Å². The van der Waals surface area contributed by atoms with Crippen LogP contribution in [0.3, 0.4) is 0 Å². The first-order chi connectivity index (χ1) is 14.7. The highest BCUT2D eigenvalue weighted by atomic mass is 35.5. The first kappa shape index (κ1) is 24.0. The monoisotopic (exact) mass is 462 g/mol. The highest BCUT2D eigenvalue weighted by Gasteiger charge is 2.52. The highest BCUT2D eigenvalue weighted by molar-refractivity contribution is 7.19. The number of unbranched alkanes of at least 4 members (excludes halogenated alkanes) is 2. The van der Waals surface area contributed by atoms with E-state index in [0.717, 1.165) is 41.0 Å². The van der Waals surface area contributed by atoms with E-state index in [1.54, 1.807) is 11.3 Å². The minimum Gasteiger partial charge on any atom is -0.481 e. The van der Waals surface area contributed by atoms with Crippen LogP contribution in [-0.4, -0.2) is 28.1 Å². The Kier molecular flexibility index (Phi) is 7.95. The predicted molar refractivity (Wildman–Crippen MR) is 127 cm³/mol. The van der Waals surface area contributed by atoms with Gasteiger partial charge in [-0.05, 0) is 31.7 Å². The molecule has 0 radical (unpaired) electrons. The number of carboxylic acids is 1. The number of Topliss-reactive ketones (excluding diaryl/α,β-unsaturated/α-hetero) is 1. The number of carbonyl (C=O) groups excluding carboxylic acids is 1. The summed E-state index contributed by atoms with van der Waals surface area (Å²) in [7, 11) is 0. The van der Waals surface area contributed by atoms with Crippen LogP contribution in [0.4, 0.5) is 0 Å². The number of aryl methyl sites for hydroxylation is 1. The minimum absolute atomic E-state index is 0.112. The lowest BCUT2D eigenvalue weighted by atomic mass is 9.86. The standard InChI is InChI=1S/C25H31ClO4S/c1-25(2)23(29)16(10-4-3-5-15-21(27)28)17(24(25)30)11-6-9-14-20-22(26)18-12-7-8-13-19(18)31-20/h6-8,11-13,16-17,24,30H,3-5,9-10,14-15H2,1-2H3,(H,27,28)/b11-6+/t16-,17-,24+/m1/s1. The summed E-state index contributed by atoms with van der Waals surface area (Å²) in [5, 5.41) is 21.5. The second kappa shape index (κ2) is 10.3. The zero-order valence-electron chi connectivity index (χ0n) is 18.1. The van der Waals surface area contributed by atoms with Crippen molar-refractivity contribution in [2.45, 2.75) is 64.9 Å². The number of carbonyl (C=O) groups is 2. The van der Waals surface area contributed by atoms with Gasteiger partial charge in [0.05, 0.1) is 16.5 Å². The van der Waals surface area contributed by atoms with Crippen LogP contribution in [0.2, 0.25) is 5.02 Å². The fourth-order valence-electron chi connectivity index (χ4n) is 4.57. The lowest BCUT2D eigenvalue weighted by Gasteiger charge is -2.22. The third-order valence-electron chi connectivity index (χ3n) is 6.44. The maximum Gasteiger partial charge on any atom is 0.303 e. The average molecular weight is 463 g/mol. The topological polar surface area (TPSA) is 74.6 Å². The van der Waals surface area contributed by atoms with Gasteiger partial charge >= 0.3 is 5.97 Å². The van der Waals surface area contributed by atoms with Crippen LogP contribution in [0.15, 0.2) is 36.4 Å². The third kappa shape index (κ3) is 5.39. The van der Waals surface area contributed by atoms with E-state index in [4.69, 9.17) is 16.7 Å². The first-order valence-electron chi connectivity index (χ1n) is 11.0. The lowest BCUT2D eigenvalue weighted by molar-refractivity contribution is -0.137. The van der Waals surface area contributed by atoms with Crippen LogP contribution in [0, 0.1) is 17.3 Å². The summed E-state index contributed by atoms with van der Waals surface area (Å²) < 4.78 is 1.19. The Hall–Kier alpha value is -1.69. The number of thiophene rings is 1. The number of halogens is 1. The zero-order chi connectivity index (χ0) is 22.6. The molecule has 1 heterocycles. The Morgan fingerprint density at radius 3 is 2.68 bits per heavy atom. The van der Waals surface area contributed by atoms with Gasteiger partial charge in [0.25, 0.3) is 0 Å². The summed E-state index contributed by atoms with van der Waals surface area (Å²) >= 11 is 8.25. The summed E-state index contributed by atoms with van der Waals surface area (Å²) in [4.78, 5) is 24.7. The molecule has 3 atom stereocenters. The number of rotatable bonds is 10. The van der Waals surface area contributed by atoms with Crippen LogP contribution in [-0.2, 0) is 16.0 Å². The molecule has 1 fully saturated rings. The number of aliphatic hydroxyl groups excluding tert-OH is 1. The molecule has 0 saturated heterocycles. The molecule has 0 unspecified atom stereocenters. The van der Waals surface area contributed by atoms with Crippen molar-refractivity contribution in [1.82, 2.24) is 0 Å². The first-order valence-corrected chi connectivity index (χ1v) is 12.2. The van der Waals surface area contributed by atoms with E-state index in [2.05, 4.69) is 12.1 Å². The van der Waals surface area contributed by atoms with E-state index < -0.39 is 17.5 Å². The molecule has 0 amide bonds. The number of allylic oxidation sites excluding steroid dienone is 1. The molecule has 2 N–H and O–H groups in total. The van der Waals surface area contributed by atoms with Crippen LogP contribution in [0.1, 0.15) is 57.2 Å². The van der Waals surface area contributed by atoms with Crippen molar-refractivity contribution < 1.29 is 19.8 Å². The molecule has 4 nitrogen and oxygen atoms in total. The molecular weight excluding hydrogens is 432 g/mol. The predicted octanol–water partition coefficient (Wildman–Crippen LogP) is 6.28. The number of ketones is 1. The van der Waals surface area contributed by atoms with Gasteiger partial charge < -0.3 is 10.2 Å². The largest absolute Gasteiger partial charge is 0.481 e. The van der Waals surface area contributed by atoms with E-state index in [-0.39, 0.29) is 24.0 Å². The lowest BCUT2D eigenvalue weighted by Crippen LogP contribution is -2.31. The van der Waals surface area contributed by atoms with E-state index in [1.165, 1.54) is 4.70 Å². The number of benzene rings is 1. The molecule has 168 valence electrons. The summed E-state index contributed by atoms with van der Waals surface area (Å²) in [5.41, 5.74) is -0.754. The molecule has 6 heteroatoms. The summed E-state index contributed by atoms with van der Waals surface area (Å²) in [6.45, 7) is 3.64. The molecule has 0 aliphatic heterocycles. The van der Waals surface area contributed by atoms with Gasteiger partial charge in [0, 0.05) is 33.2 Å². The smallest absolute Gasteiger partial charge is 0.303 e. The number of fused-ring (bicyclic) bond motifs is 1. The molecule has 0 bridgehead atoms. The van der Waals surface area contributed by atoms with Crippen molar-refractivity contribution in [3.05, 3.63) is 46.3 Å². The van der Waals surface area contributed by atoms with Crippen molar-refractivity contribution in [2.24, 2.45) is 17.3 Å². The Morgan fingerprint density at radius 1 is 1.23 bits per heavy atom. The number of aliphatic carboxylic acids is 1. The molecule has 1 saturated carbocycles. The average Bonchev–Trinajstić information content (AvgIpc) is 3.13. The van der Waals surface area contributed by atoms with E-state index in [9.17, 15) is 14.7 Å². The highest BCUT2D eigenvalue weighted by Crippen LogP contribution is 2.45. The Bertz CT molecular complexity index is 962.